The minimum absolute atomic E-state index is 0.0219. The Morgan fingerprint density at radius 3 is 2.57 bits per heavy atom. The lowest BCUT2D eigenvalue weighted by molar-refractivity contribution is -0.394. The van der Waals surface area contributed by atoms with E-state index in [9.17, 15) is 25.0 Å². The van der Waals surface area contributed by atoms with E-state index in [4.69, 9.17) is 4.74 Å². The van der Waals surface area contributed by atoms with Gasteiger partial charge in [-0.3, -0.25) is 20.2 Å². The summed E-state index contributed by atoms with van der Waals surface area (Å²) in [5, 5.41) is 25.9. The van der Waals surface area contributed by atoms with E-state index in [0.29, 0.717) is 5.69 Å². The second-order valence-corrected chi connectivity index (χ2v) is 4.46. The smallest absolute Gasteiger partial charge is 0.341 e. The quantitative estimate of drug-likeness (QED) is 0.468. The van der Waals surface area contributed by atoms with Gasteiger partial charge in [0.25, 0.3) is 5.69 Å². The summed E-state index contributed by atoms with van der Waals surface area (Å²) in [6.45, 7) is 3.38. The van der Waals surface area contributed by atoms with Crippen LogP contribution in [0.5, 0.6) is 0 Å². The number of non-ortho nitro benzene ring substituents is 1. The zero-order valence-electron chi connectivity index (χ0n) is 12.3. The number of ether oxygens (including phenoxy) is 1. The zero-order valence-corrected chi connectivity index (χ0v) is 12.3. The Morgan fingerprint density at radius 2 is 2.00 bits per heavy atom. The fourth-order valence-corrected chi connectivity index (χ4v) is 2.01. The van der Waals surface area contributed by atoms with Crippen LogP contribution in [-0.2, 0) is 4.74 Å². The molecular weight excluding hydrogens is 308 g/mol. The third-order valence-corrected chi connectivity index (χ3v) is 3.10. The van der Waals surface area contributed by atoms with E-state index in [0.717, 1.165) is 12.1 Å². The third kappa shape index (κ3) is 3.00. The molecule has 0 bridgehead atoms. The Kier molecular flexibility index (Phi) is 4.35. The Bertz CT molecular complexity index is 798. The topological polar surface area (TPSA) is 130 Å². The molecule has 10 nitrogen and oxygen atoms in total. The molecule has 0 radical (unpaired) electrons. The summed E-state index contributed by atoms with van der Waals surface area (Å²) in [7, 11) is 0. The van der Waals surface area contributed by atoms with Crippen molar-refractivity contribution in [2.24, 2.45) is 0 Å². The van der Waals surface area contributed by atoms with Crippen LogP contribution < -0.4 is 0 Å². The van der Waals surface area contributed by atoms with Gasteiger partial charge in [0, 0.05) is 6.07 Å². The minimum atomic E-state index is -0.743. The lowest BCUT2D eigenvalue weighted by atomic mass is 10.2. The lowest BCUT2D eigenvalue weighted by Gasteiger charge is -2.06. The number of nitro groups is 2. The third-order valence-electron chi connectivity index (χ3n) is 3.10. The number of hydrogen-bond donors (Lipinski definition) is 0. The Labute approximate surface area is 129 Å². The molecule has 0 saturated carbocycles. The molecule has 0 N–H and O–H groups in total. The molecule has 2 aromatic rings. The number of carbonyl (C=O) groups excluding carboxylic acids is 1. The average molecular weight is 320 g/mol. The molecular formula is C13H12N4O6. The van der Waals surface area contributed by atoms with Gasteiger partial charge >= 0.3 is 11.7 Å². The van der Waals surface area contributed by atoms with Crippen LogP contribution in [0, 0.1) is 27.2 Å². The fraction of sp³-hybridized carbons (Fsp3) is 0.231. The highest BCUT2D eigenvalue weighted by molar-refractivity contribution is 5.90. The van der Waals surface area contributed by atoms with Crippen LogP contribution >= 0.6 is 0 Å². The maximum atomic E-state index is 11.8. The van der Waals surface area contributed by atoms with Crippen LogP contribution in [0.2, 0.25) is 0 Å². The molecule has 10 heteroatoms. The largest absolute Gasteiger partial charge is 0.462 e. The standard InChI is InChI=1S/C13H12N4O6/c1-3-23-13(18)10-7-14-15(8(10)2)11-5-4-9(16(19)20)6-12(11)17(21)22/h4-7H,3H2,1-2H3. The van der Waals surface area contributed by atoms with Crippen LogP contribution in [0.25, 0.3) is 5.69 Å². The summed E-state index contributed by atoms with van der Waals surface area (Å²) >= 11 is 0. The van der Waals surface area contributed by atoms with E-state index in [1.807, 2.05) is 0 Å². The van der Waals surface area contributed by atoms with E-state index in [1.165, 1.54) is 16.9 Å². The number of nitrogens with zero attached hydrogens (tertiary/aromatic N) is 4. The van der Waals surface area contributed by atoms with Crippen molar-refractivity contribution in [1.82, 2.24) is 9.78 Å². The van der Waals surface area contributed by atoms with E-state index < -0.39 is 27.2 Å². The highest BCUT2D eigenvalue weighted by Crippen LogP contribution is 2.28. The molecule has 1 heterocycles. The van der Waals surface area contributed by atoms with Gasteiger partial charge in [-0.1, -0.05) is 0 Å². The monoisotopic (exact) mass is 320 g/mol. The van der Waals surface area contributed by atoms with Gasteiger partial charge in [-0.2, -0.15) is 5.10 Å². The van der Waals surface area contributed by atoms with Crippen LogP contribution in [0.4, 0.5) is 11.4 Å². The van der Waals surface area contributed by atoms with E-state index in [-0.39, 0.29) is 17.9 Å². The molecule has 0 unspecified atom stereocenters. The molecule has 1 aromatic heterocycles. The number of rotatable bonds is 5. The summed E-state index contributed by atoms with van der Waals surface area (Å²) < 4.78 is 6.05. The maximum Gasteiger partial charge on any atom is 0.341 e. The number of nitro benzene ring substituents is 2. The van der Waals surface area contributed by atoms with Crippen LogP contribution in [0.15, 0.2) is 24.4 Å². The summed E-state index contributed by atoms with van der Waals surface area (Å²) in [5.41, 5.74) is -0.370. The van der Waals surface area contributed by atoms with Crippen molar-refractivity contribution in [3.8, 4) is 5.69 Å². The van der Waals surface area contributed by atoms with Crippen LogP contribution in [-0.4, -0.2) is 32.2 Å². The van der Waals surface area contributed by atoms with Crippen molar-refractivity contribution in [1.29, 1.82) is 0 Å². The molecule has 23 heavy (non-hydrogen) atoms. The van der Waals surface area contributed by atoms with Gasteiger partial charge < -0.3 is 4.74 Å². The fourth-order valence-electron chi connectivity index (χ4n) is 2.01. The first-order chi connectivity index (χ1) is 10.9. The van der Waals surface area contributed by atoms with Crippen molar-refractivity contribution in [3.05, 3.63) is 55.9 Å². The highest BCUT2D eigenvalue weighted by Gasteiger charge is 2.24. The molecule has 0 amide bonds. The minimum Gasteiger partial charge on any atom is -0.462 e. The van der Waals surface area contributed by atoms with E-state index >= 15 is 0 Å². The first-order valence-corrected chi connectivity index (χ1v) is 6.51. The normalized spacial score (nSPS) is 10.3. The van der Waals surface area contributed by atoms with Crippen molar-refractivity contribution in [2.45, 2.75) is 13.8 Å². The number of esters is 1. The molecule has 0 aliphatic heterocycles. The molecule has 0 aliphatic carbocycles. The Hall–Kier alpha value is -3.30. The predicted molar refractivity (Wildman–Crippen MR) is 77.6 cm³/mol. The van der Waals surface area contributed by atoms with Crippen molar-refractivity contribution in [3.63, 3.8) is 0 Å². The lowest BCUT2D eigenvalue weighted by Crippen LogP contribution is -2.08. The van der Waals surface area contributed by atoms with Gasteiger partial charge in [0.2, 0.25) is 0 Å². The van der Waals surface area contributed by atoms with E-state index in [1.54, 1.807) is 13.8 Å². The molecule has 1 aromatic carbocycles. The Balaban J connectivity index is 2.57. The average Bonchev–Trinajstić information content (AvgIpc) is 2.88. The summed E-state index contributed by atoms with van der Waals surface area (Å²) in [6.07, 6.45) is 1.23. The van der Waals surface area contributed by atoms with Gasteiger partial charge in [-0.25, -0.2) is 9.48 Å². The summed E-state index contributed by atoms with van der Waals surface area (Å²) in [5.74, 6) is -0.596. The number of aromatic nitrogens is 2. The van der Waals surface area contributed by atoms with Crippen molar-refractivity contribution in [2.75, 3.05) is 6.61 Å². The zero-order chi connectivity index (χ0) is 17.1. The molecule has 0 spiro atoms. The molecule has 120 valence electrons. The van der Waals surface area contributed by atoms with Crippen molar-refractivity contribution >= 4 is 17.3 Å². The van der Waals surface area contributed by atoms with Crippen LogP contribution in [0.3, 0.4) is 0 Å². The number of benzene rings is 1. The van der Waals surface area contributed by atoms with Gasteiger partial charge in [0.1, 0.15) is 11.3 Å². The second-order valence-electron chi connectivity index (χ2n) is 4.46. The highest BCUT2D eigenvalue weighted by atomic mass is 16.6. The predicted octanol–water partition coefficient (Wildman–Crippen LogP) is 2.17. The SMILES string of the molecule is CCOC(=O)c1cnn(-c2ccc([N+](=O)[O-])cc2[N+](=O)[O-])c1C. The van der Waals surface area contributed by atoms with Crippen LogP contribution in [0.1, 0.15) is 23.0 Å². The van der Waals surface area contributed by atoms with Gasteiger partial charge in [-0.05, 0) is 19.9 Å². The second kappa shape index (κ2) is 6.22. The molecule has 0 atom stereocenters. The van der Waals surface area contributed by atoms with Gasteiger partial charge in [0.05, 0.1) is 34.4 Å². The van der Waals surface area contributed by atoms with Crippen molar-refractivity contribution < 1.29 is 19.4 Å². The van der Waals surface area contributed by atoms with Gasteiger partial charge in [-0.15, -0.1) is 0 Å². The molecule has 0 aliphatic rings. The molecule has 0 saturated heterocycles. The van der Waals surface area contributed by atoms with E-state index in [2.05, 4.69) is 5.10 Å². The number of hydrogen-bond acceptors (Lipinski definition) is 7. The molecule has 0 fully saturated rings. The maximum absolute atomic E-state index is 11.8. The number of carbonyl (C=O) groups is 1. The first-order valence-electron chi connectivity index (χ1n) is 6.51. The summed E-state index contributed by atoms with van der Waals surface area (Å²) in [4.78, 5) is 32.2. The Morgan fingerprint density at radius 1 is 1.30 bits per heavy atom. The molecule has 2 rings (SSSR count). The van der Waals surface area contributed by atoms with Gasteiger partial charge in [0.15, 0.2) is 0 Å². The summed E-state index contributed by atoms with van der Waals surface area (Å²) in [6, 6.07) is 3.19. The first kappa shape index (κ1) is 16.1.